The maximum Gasteiger partial charge on any atom is 0.240 e. The van der Waals surface area contributed by atoms with E-state index in [0.29, 0.717) is 13.0 Å². The Morgan fingerprint density at radius 2 is 2.22 bits per heavy atom. The highest BCUT2D eigenvalue weighted by Gasteiger charge is 2.14. The predicted molar refractivity (Wildman–Crippen MR) is 70.8 cm³/mol. The normalized spacial score (nSPS) is 11.6. The molecule has 0 aliphatic rings. The molecule has 1 N–H and O–H groups in total. The van der Waals surface area contributed by atoms with Crippen molar-refractivity contribution in [3.63, 3.8) is 0 Å². The molecule has 96 valence electrons. The van der Waals surface area contributed by atoms with Gasteiger partial charge in [-0.3, -0.25) is 0 Å². The van der Waals surface area contributed by atoms with Gasteiger partial charge >= 0.3 is 0 Å². The Labute approximate surface area is 112 Å². The lowest BCUT2D eigenvalue weighted by Gasteiger charge is -2.06. The van der Waals surface area contributed by atoms with Crippen molar-refractivity contribution in [1.29, 1.82) is 5.26 Å². The maximum atomic E-state index is 11.9. The average molecular weight is 285 g/mol. The second kappa shape index (κ2) is 6.55. The van der Waals surface area contributed by atoms with Gasteiger partial charge in [-0.15, -0.1) is 0 Å². The van der Waals surface area contributed by atoms with Gasteiger partial charge in [0.15, 0.2) is 0 Å². The van der Waals surface area contributed by atoms with Crippen molar-refractivity contribution < 1.29 is 8.42 Å². The molecule has 0 amide bonds. The summed E-state index contributed by atoms with van der Waals surface area (Å²) in [7, 11) is -3.57. The molecule has 0 spiro atoms. The quantitative estimate of drug-likeness (QED) is 0.667. The van der Waals surface area contributed by atoms with E-state index in [4.69, 9.17) is 16.9 Å². The van der Waals surface area contributed by atoms with E-state index in [9.17, 15) is 8.42 Å². The summed E-state index contributed by atoms with van der Waals surface area (Å²) < 4.78 is 26.2. The second-order valence-corrected chi connectivity index (χ2v) is 5.68. The highest BCUT2D eigenvalue weighted by Crippen LogP contribution is 2.19. The molecule has 0 radical (unpaired) electrons. The first-order chi connectivity index (χ1) is 8.51. The van der Waals surface area contributed by atoms with E-state index in [0.717, 1.165) is 0 Å². The van der Waals surface area contributed by atoms with Gasteiger partial charge in [0.25, 0.3) is 0 Å². The zero-order chi connectivity index (χ0) is 13.6. The minimum atomic E-state index is -3.57. The van der Waals surface area contributed by atoms with E-state index >= 15 is 0 Å². The largest absolute Gasteiger partial charge is 0.240 e. The molecule has 1 rings (SSSR count). The Hall–Kier alpha value is -1.35. The van der Waals surface area contributed by atoms with Crippen LogP contribution < -0.4 is 4.72 Å². The minimum Gasteiger partial charge on any atom is -0.211 e. The van der Waals surface area contributed by atoms with Crippen LogP contribution in [0.5, 0.6) is 0 Å². The molecule has 1 aromatic carbocycles. The number of sulfonamides is 1. The maximum absolute atomic E-state index is 11.9. The molecule has 4 nitrogen and oxygen atoms in total. The summed E-state index contributed by atoms with van der Waals surface area (Å²) in [4.78, 5) is 0.0620. The third-order valence-electron chi connectivity index (χ3n) is 2.21. The molecule has 6 heteroatoms. The summed E-state index contributed by atoms with van der Waals surface area (Å²) in [6, 6.07) is 5.91. The molecular formula is C12H13ClN2O2S. The predicted octanol–water partition coefficient (Wildman–Crippen LogP) is 2.46. The van der Waals surface area contributed by atoms with E-state index in [1.54, 1.807) is 0 Å². The van der Waals surface area contributed by atoms with E-state index in [1.165, 1.54) is 18.2 Å². The summed E-state index contributed by atoms with van der Waals surface area (Å²) in [5.41, 5.74) is 0.254. The summed E-state index contributed by atoms with van der Waals surface area (Å²) >= 11 is 5.79. The Morgan fingerprint density at radius 1 is 1.50 bits per heavy atom. The van der Waals surface area contributed by atoms with E-state index in [1.807, 2.05) is 25.1 Å². The number of nitrogens with zero attached hydrogens (tertiary/aromatic N) is 1. The van der Waals surface area contributed by atoms with Crippen LogP contribution in [0, 0.1) is 11.3 Å². The van der Waals surface area contributed by atoms with E-state index in [-0.39, 0.29) is 15.5 Å². The number of hydrogen-bond donors (Lipinski definition) is 1. The van der Waals surface area contributed by atoms with Crippen molar-refractivity contribution in [3.8, 4) is 6.07 Å². The lowest BCUT2D eigenvalue weighted by molar-refractivity contribution is 0.582. The Bertz CT molecular complexity index is 589. The van der Waals surface area contributed by atoms with Crippen LogP contribution in [-0.4, -0.2) is 15.0 Å². The van der Waals surface area contributed by atoms with Crippen LogP contribution in [-0.2, 0) is 10.0 Å². The highest BCUT2D eigenvalue weighted by molar-refractivity contribution is 7.89. The molecule has 0 aliphatic heterocycles. The minimum absolute atomic E-state index is 0.0620. The van der Waals surface area contributed by atoms with Crippen LogP contribution in [0.1, 0.15) is 18.9 Å². The van der Waals surface area contributed by atoms with E-state index < -0.39 is 10.0 Å². The van der Waals surface area contributed by atoms with Crippen LogP contribution in [0.4, 0.5) is 0 Å². The molecule has 0 saturated carbocycles. The molecule has 1 aromatic rings. The monoisotopic (exact) mass is 284 g/mol. The zero-order valence-corrected chi connectivity index (χ0v) is 11.4. The third kappa shape index (κ3) is 3.84. The van der Waals surface area contributed by atoms with Crippen molar-refractivity contribution in [2.45, 2.75) is 18.2 Å². The standard InChI is InChI=1S/C12H13ClN2O2S/c1-2-3-4-7-15-18(16,17)11-6-5-10(9-14)12(13)8-11/h2-3,5-6,8,15H,4,7H2,1H3/b3-2+. The fraction of sp³-hybridized carbons (Fsp3) is 0.250. The number of nitrogens with one attached hydrogen (secondary N) is 1. The van der Waals surface area contributed by atoms with E-state index in [2.05, 4.69) is 4.72 Å². The summed E-state index contributed by atoms with van der Waals surface area (Å²) in [6.07, 6.45) is 4.35. The van der Waals surface area contributed by atoms with Gasteiger partial charge in [-0.2, -0.15) is 5.26 Å². The second-order valence-electron chi connectivity index (χ2n) is 3.51. The van der Waals surface area contributed by atoms with Crippen LogP contribution >= 0.6 is 11.6 Å². The Balaban J connectivity index is 2.86. The van der Waals surface area contributed by atoms with Gasteiger partial charge in [-0.25, -0.2) is 13.1 Å². The van der Waals surface area contributed by atoms with Gasteiger partial charge in [0.2, 0.25) is 10.0 Å². The molecule has 0 heterocycles. The molecule has 0 aromatic heterocycles. The van der Waals surface area contributed by atoms with Crippen molar-refractivity contribution in [2.24, 2.45) is 0 Å². The van der Waals surface area contributed by atoms with Crippen molar-refractivity contribution in [3.05, 3.63) is 40.9 Å². The smallest absolute Gasteiger partial charge is 0.211 e. The number of hydrogen-bond acceptors (Lipinski definition) is 3. The Kier molecular flexibility index (Phi) is 5.35. The van der Waals surface area contributed by atoms with Crippen LogP contribution in [0.15, 0.2) is 35.2 Å². The van der Waals surface area contributed by atoms with Crippen LogP contribution in [0.3, 0.4) is 0 Å². The first-order valence-electron chi connectivity index (χ1n) is 5.31. The number of rotatable bonds is 5. The number of halogens is 1. The third-order valence-corrected chi connectivity index (χ3v) is 3.98. The van der Waals surface area contributed by atoms with Gasteiger partial charge in [0, 0.05) is 6.54 Å². The topological polar surface area (TPSA) is 70.0 Å². The molecule has 0 fully saturated rings. The van der Waals surface area contributed by atoms with Gasteiger partial charge in [-0.05, 0) is 31.5 Å². The first kappa shape index (κ1) is 14.7. The number of nitriles is 1. The Morgan fingerprint density at radius 3 is 2.78 bits per heavy atom. The molecule has 0 aliphatic carbocycles. The van der Waals surface area contributed by atoms with Crippen molar-refractivity contribution in [2.75, 3.05) is 6.54 Å². The summed E-state index contributed by atoms with van der Waals surface area (Å²) in [5, 5.41) is 8.84. The van der Waals surface area contributed by atoms with Gasteiger partial charge in [0.1, 0.15) is 6.07 Å². The lowest BCUT2D eigenvalue weighted by atomic mass is 10.2. The van der Waals surface area contributed by atoms with Crippen LogP contribution in [0.2, 0.25) is 5.02 Å². The number of allylic oxidation sites excluding steroid dienone is 1. The fourth-order valence-electron chi connectivity index (χ4n) is 1.28. The molecule has 0 saturated heterocycles. The van der Waals surface area contributed by atoms with Crippen molar-refractivity contribution in [1.82, 2.24) is 4.72 Å². The summed E-state index contributed by atoms with van der Waals surface area (Å²) in [5.74, 6) is 0. The van der Waals surface area contributed by atoms with Crippen LogP contribution in [0.25, 0.3) is 0 Å². The lowest BCUT2D eigenvalue weighted by Crippen LogP contribution is -2.24. The van der Waals surface area contributed by atoms with Crippen molar-refractivity contribution >= 4 is 21.6 Å². The zero-order valence-electron chi connectivity index (χ0n) is 9.85. The molecule has 0 atom stereocenters. The highest BCUT2D eigenvalue weighted by atomic mass is 35.5. The average Bonchev–Trinajstić information content (AvgIpc) is 2.34. The van der Waals surface area contributed by atoms with Gasteiger partial charge in [0.05, 0.1) is 15.5 Å². The summed E-state index contributed by atoms with van der Waals surface area (Å²) in [6.45, 7) is 2.19. The fourth-order valence-corrected chi connectivity index (χ4v) is 2.64. The molecular weight excluding hydrogens is 272 g/mol. The molecule has 18 heavy (non-hydrogen) atoms. The van der Waals surface area contributed by atoms with Gasteiger partial charge in [-0.1, -0.05) is 23.8 Å². The number of benzene rings is 1. The molecule has 0 bridgehead atoms. The molecule has 0 unspecified atom stereocenters. The first-order valence-corrected chi connectivity index (χ1v) is 7.18. The SMILES string of the molecule is C/C=C/CCNS(=O)(=O)c1ccc(C#N)c(Cl)c1. The van der Waals surface area contributed by atoms with Gasteiger partial charge < -0.3 is 0 Å².